The molecule has 5 nitrogen and oxygen atoms in total. The van der Waals surface area contributed by atoms with Crippen LogP contribution in [0, 0.1) is 0 Å². The van der Waals surface area contributed by atoms with Crippen molar-refractivity contribution in [3.63, 3.8) is 0 Å². The molecule has 0 spiro atoms. The van der Waals surface area contributed by atoms with E-state index in [1.165, 1.54) is 0 Å². The van der Waals surface area contributed by atoms with Gasteiger partial charge in [0.25, 0.3) is 5.91 Å². The number of nitrogens with zero attached hydrogens (tertiary/aromatic N) is 2. The van der Waals surface area contributed by atoms with Crippen molar-refractivity contribution in [1.29, 1.82) is 0 Å². The summed E-state index contributed by atoms with van der Waals surface area (Å²) in [6.45, 7) is 0.582. The highest BCUT2D eigenvalue weighted by atomic mass is 16.5. The van der Waals surface area contributed by atoms with Gasteiger partial charge in [0.1, 0.15) is 5.65 Å². The fraction of sp³-hybridized carbons (Fsp3) is 0.300. The molecule has 1 amide bonds. The number of carbonyl (C=O) groups is 1. The maximum Gasteiger partial charge on any atom is 0.253 e. The molecule has 5 heteroatoms. The van der Waals surface area contributed by atoms with E-state index in [1.54, 1.807) is 6.20 Å². The Hall–Kier alpha value is -2.66. The normalized spacial score (nSPS) is 20.0. The molecule has 0 saturated heterocycles. The second kappa shape index (κ2) is 7.07. The van der Waals surface area contributed by atoms with Crippen LogP contribution < -0.4 is 5.32 Å². The van der Waals surface area contributed by atoms with Gasteiger partial charge in [0, 0.05) is 18.6 Å². The molecule has 2 aromatic heterocycles. The third-order valence-electron chi connectivity index (χ3n) is 4.73. The quantitative estimate of drug-likeness (QED) is 0.779. The van der Waals surface area contributed by atoms with Crippen LogP contribution in [-0.4, -0.2) is 27.4 Å². The third-order valence-corrected chi connectivity index (χ3v) is 4.73. The molecule has 2 heterocycles. The van der Waals surface area contributed by atoms with Crippen LogP contribution in [0.3, 0.4) is 0 Å². The molecule has 1 aliphatic rings. The lowest BCUT2D eigenvalue weighted by Gasteiger charge is -2.21. The van der Waals surface area contributed by atoms with Crippen molar-refractivity contribution < 1.29 is 9.53 Å². The van der Waals surface area contributed by atoms with Crippen molar-refractivity contribution in [3.05, 3.63) is 72.2 Å². The number of amides is 1. The zero-order chi connectivity index (χ0) is 17.1. The summed E-state index contributed by atoms with van der Waals surface area (Å²) in [6.07, 6.45) is 8.46. The lowest BCUT2D eigenvalue weighted by molar-refractivity contribution is 0.0272. The highest BCUT2D eigenvalue weighted by Crippen LogP contribution is 2.23. The Morgan fingerprint density at radius 1 is 1.20 bits per heavy atom. The second-order valence-corrected chi connectivity index (χ2v) is 6.46. The first-order valence-corrected chi connectivity index (χ1v) is 8.69. The first-order chi connectivity index (χ1) is 12.3. The fourth-order valence-electron chi connectivity index (χ4n) is 3.37. The number of rotatable bonds is 5. The molecule has 2 unspecified atom stereocenters. The smallest absolute Gasteiger partial charge is 0.253 e. The number of hydrogen-bond donors (Lipinski definition) is 1. The van der Waals surface area contributed by atoms with Crippen molar-refractivity contribution in [2.45, 2.75) is 38.0 Å². The van der Waals surface area contributed by atoms with E-state index in [-0.39, 0.29) is 18.1 Å². The number of aromatic nitrogens is 2. The summed E-state index contributed by atoms with van der Waals surface area (Å²) in [5.74, 6) is -0.0594. The third kappa shape index (κ3) is 3.56. The maximum absolute atomic E-state index is 12.6. The Balaban J connectivity index is 1.39. The number of imidazole rings is 1. The summed E-state index contributed by atoms with van der Waals surface area (Å²) in [4.78, 5) is 16.8. The van der Waals surface area contributed by atoms with Crippen molar-refractivity contribution in [2.24, 2.45) is 0 Å². The van der Waals surface area contributed by atoms with Crippen LogP contribution in [0.4, 0.5) is 0 Å². The minimum absolute atomic E-state index is 0.0594. The van der Waals surface area contributed by atoms with Crippen LogP contribution in [0.25, 0.3) is 5.65 Å². The minimum Gasteiger partial charge on any atom is -0.371 e. The topological polar surface area (TPSA) is 55.6 Å². The van der Waals surface area contributed by atoms with Gasteiger partial charge in [-0.25, -0.2) is 4.98 Å². The van der Waals surface area contributed by atoms with E-state index in [0.29, 0.717) is 12.2 Å². The highest BCUT2D eigenvalue weighted by Gasteiger charge is 2.29. The van der Waals surface area contributed by atoms with E-state index < -0.39 is 0 Å². The highest BCUT2D eigenvalue weighted by molar-refractivity contribution is 5.94. The lowest BCUT2D eigenvalue weighted by Crippen LogP contribution is -2.41. The van der Waals surface area contributed by atoms with Gasteiger partial charge in [-0.3, -0.25) is 4.79 Å². The van der Waals surface area contributed by atoms with E-state index in [4.69, 9.17) is 4.74 Å². The fourth-order valence-corrected chi connectivity index (χ4v) is 3.37. The first-order valence-electron chi connectivity index (χ1n) is 8.69. The molecule has 0 aliphatic heterocycles. The van der Waals surface area contributed by atoms with Gasteiger partial charge in [-0.05, 0) is 37.0 Å². The number of fused-ring (bicyclic) bond motifs is 1. The van der Waals surface area contributed by atoms with Gasteiger partial charge in [0.2, 0.25) is 0 Å². The van der Waals surface area contributed by atoms with E-state index >= 15 is 0 Å². The summed E-state index contributed by atoms with van der Waals surface area (Å²) in [6, 6.07) is 13.9. The number of benzene rings is 1. The summed E-state index contributed by atoms with van der Waals surface area (Å²) in [5.41, 5.74) is 2.63. The molecular weight excluding hydrogens is 314 g/mol. The first kappa shape index (κ1) is 15.8. The average molecular weight is 335 g/mol. The Morgan fingerprint density at radius 2 is 2.08 bits per heavy atom. The molecule has 0 bridgehead atoms. The Bertz CT molecular complexity index is 860. The molecule has 1 N–H and O–H groups in total. The molecule has 0 radical (unpaired) electrons. The number of nitrogens with one attached hydrogen (secondary N) is 1. The molecule has 4 rings (SSSR count). The van der Waals surface area contributed by atoms with Crippen molar-refractivity contribution >= 4 is 11.6 Å². The SMILES string of the molecule is O=C(NC1CCCC1OCc1ccccc1)c1ccc2nccn2c1. The standard InChI is InChI=1S/C20H21N3O2/c24-20(16-9-10-19-21-11-12-23(19)13-16)22-17-7-4-8-18(17)25-14-15-5-2-1-3-6-15/h1-3,5-6,9-13,17-18H,4,7-8,14H2,(H,22,24). The van der Waals surface area contributed by atoms with Crippen LogP contribution >= 0.6 is 0 Å². The molecule has 25 heavy (non-hydrogen) atoms. The van der Waals surface area contributed by atoms with Crippen LogP contribution in [0.5, 0.6) is 0 Å². The van der Waals surface area contributed by atoms with E-state index in [2.05, 4.69) is 22.4 Å². The van der Waals surface area contributed by atoms with Crippen LogP contribution in [0.2, 0.25) is 0 Å². The monoisotopic (exact) mass is 335 g/mol. The van der Waals surface area contributed by atoms with E-state index in [9.17, 15) is 4.79 Å². The molecule has 2 atom stereocenters. The molecule has 1 fully saturated rings. The van der Waals surface area contributed by atoms with Crippen LogP contribution in [0.15, 0.2) is 61.1 Å². The van der Waals surface area contributed by atoms with Gasteiger partial charge in [-0.1, -0.05) is 30.3 Å². The second-order valence-electron chi connectivity index (χ2n) is 6.46. The predicted molar refractivity (Wildman–Crippen MR) is 95.3 cm³/mol. The number of carbonyl (C=O) groups excluding carboxylic acids is 1. The van der Waals surface area contributed by atoms with Gasteiger partial charge in [-0.2, -0.15) is 0 Å². The molecule has 128 valence electrons. The van der Waals surface area contributed by atoms with Crippen molar-refractivity contribution in [3.8, 4) is 0 Å². The summed E-state index contributed by atoms with van der Waals surface area (Å²) in [7, 11) is 0. The van der Waals surface area contributed by atoms with Crippen LogP contribution in [0.1, 0.15) is 35.2 Å². The number of pyridine rings is 1. The van der Waals surface area contributed by atoms with Gasteiger partial charge >= 0.3 is 0 Å². The van der Waals surface area contributed by atoms with Gasteiger partial charge in [0.15, 0.2) is 0 Å². The van der Waals surface area contributed by atoms with Crippen molar-refractivity contribution in [1.82, 2.24) is 14.7 Å². The average Bonchev–Trinajstić information content (AvgIpc) is 3.29. The largest absolute Gasteiger partial charge is 0.371 e. The molecule has 1 aliphatic carbocycles. The van der Waals surface area contributed by atoms with Crippen LogP contribution in [-0.2, 0) is 11.3 Å². The van der Waals surface area contributed by atoms with Gasteiger partial charge in [-0.15, -0.1) is 0 Å². The summed E-state index contributed by atoms with van der Waals surface area (Å²) >= 11 is 0. The number of ether oxygens (including phenoxy) is 1. The Kier molecular flexibility index (Phi) is 4.48. The Morgan fingerprint density at radius 3 is 2.96 bits per heavy atom. The Labute approximate surface area is 146 Å². The molecule has 3 aromatic rings. The van der Waals surface area contributed by atoms with E-state index in [1.807, 2.05) is 47.1 Å². The summed E-state index contributed by atoms with van der Waals surface area (Å²) < 4.78 is 7.92. The minimum atomic E-state index is -0.0594. The lowest BCUT2D eigenvalue weighted by atomic mass is 10.1. The maximum atomic E-state index is 12.6. The molecular formula is C20H21N3O2. The predicted octanol–water partition coefficient (Wildman–Crippen LogP) is 3.20. The van der Waals surface area contributed by atoms with Crippen molar-refractivity contribution in [2.75, 3.05) is 0 Å². The summed E-state index contributed by atoms with van der Waals surface area (Å²) in [5, 5.41) is 3.14. The van der Waals surface area contributed by atoms with Gasteiger partial charge in [0.05, 0.1) is 24.3 Å². The number of hydrogen-bond acceptors (Lipinski definition) is 3. The molecule has 1 aromatic carbocycles. The molecule has 1 saturated carbocycles. The zero-order valence-corrected chi connectivity index (χ0v) is 14.0. The van der Waals surface area contributed by atoms with E-state index in [0.717, 1.165) is 30.5 Å². The zero-order valence-electron chi connectivity index (χ0n) is 14.0. The van der Waals surface area contributed by atoms with Gasteiger partial charge < -0.3 is 14.5 Å².